The topological polar surface area (TPSA) is 95.9 Å². The number of hydrogen-bond donors (Lipinski definition) is 3. The van der Waals surface area contributed by atoms with E-state index in [4.69, 9.17) is 4.74 Å². The highest BCUT2D eigenvalue weighted by Gasteiger charge is 2.24. The van der Waals surface area contributed by atoms with Gasteiger partial charge in [-0.25, -0.2) is 0 Å². The molecule has 0 saturated heterocycles. The SMILES string of the molecule is CCCCCCCCCCCCCCCCCC(CC(=O)NC(CO)C(O)CCCCCCCCCCC)OC(=O)CCCCCCCCCCCCCC. The Labute approximate surface area is 343 Å². The lowest BCUT2D eigenvalue weighted by molar-refractivity contribution is -0.151. The number of ether oxygens (including phenoxy) is 1. The fourth-order valence-electron chi connectivity index (χ4n) is 7.90. The average Bonchev–Trinajstić information content (AvgIpc) is 3.18. The van der Waals surface area contributed by atoms with E-state index in [2.05, 4.69) is 26.1 Å². The van der Waals surface area contributed by atoms with Crippen LogP contribution in [0.5, 0.6) is 0 Å². The Morgan fingerprint density at radius 2 is 0.764 bits per heavy atom. The Morgan fingerprint density at radius 1 is 0.455 bits per heavy atom. The lowest BCUT2D eigenvalue weighted by Gasteiger charge is -2.24. The van der Waals surface area contributed by atoms with Crippen LogP contribution in [-0.4, -0.2) is 46.9 Å². The second kappa shape index (κ2) is 44.0. The molecule has 0 fully saturated rings. The number of aliphatic hydroxyl groups is 2. The van der Waals surface area contributed by atoms with Crippen molar-refractivity contribution in [3.8, 4) is 0 Å². The van der Waals surface area contributed by atoms with Gasteiger partial charge in [0.15, 0.2) is 0 Å². The monoisotopic (exact) mass is 780 g/mol. The summed E-state index contributed by atoms with van der Waals surface area (Å²) in [6, 6.07) is -0.690. The van der Waals surface area contributed by atoms with E-state index < -0.39 is 18.2 Å². The molecule has 0 aromatic rings. The molecule has 328 valence electrons. The summed E-state index contributed by atoms with van der Waals surface area (Å²) in [4.78, 5) is 26.0. The first-order valence-electron chi connectivity index (χ1n) is 24.8. The maximum Gasteiger partial charge on any atom is 0.306 e. The van der Waals surface area contributed by atoms with E-state index in [1.807, 2.05) is 0 Å². The van der Waals surface area contributed by atoms with E-state index in [9.17, 15) is 19.8 Å². The van der Waals surface area contributed by atoms with Gasteiger partial charge in [-0.1, -0.05) is 239 Å². The smallest absolute Gasteiger partial charge is 0.306 e. The molecule has 0 heterocycles. The van der Waals surface area contributed by atoms with Crippen molar-refractivity contribution in [2.24, 2.45) is 0 Å². The summed E-state index contributed by atoms with van der Waals surface area (Å²) in [5.74, 6) is -0.454. The zero-order chi connectivity index (χ0) is 40.3. The lowest BCUT2D eigenvalue weighted by Crippen LogP contribution is -2.46. The van der Waals surface area contributed by atoms with Crippen molar-refractivity contribution in [3.05, 3.63) is 0 Å². The summed E-state index contributed by atoms with van der Waals surface area (Å²) >= 11 is 0. The van der Waals surface area contributed by atoms with Crippen LogP contribution in [0.1, 0.15) is 278 Å². The fraction of sp³-hybridized carbons (Fsp3) is 0.959. The van der Waals surface area contributed by atoms with Gasteiger partial charge < -0.3 is 20.3 Å². The predicted octanol–water partition coefficient (Wildman–Crippen LogP) is 14.4. The van der Waals surface area contributed by atoms with Crippen molar-refractivity contribution in [1.29, 1.82) is 0 Å². The van der Waals surface area contributed by atoms with Crippen molar-refractivity contribution < 1.29 is 24.5 Å². The summed E-state index contributed by atoms with van der Waals surface area (Å²) in [7, 11) is 0. The Balaban J connectivity index is 4.53. The largest absolute Gasteiger partial charge is 0.462 e. The molecule has 0 aliphatic heterocycles. The number of carbonyl (C=O) groups excluding carboxylic acids is 2. The summed E-state index contributed by atoms with van der Waals surface area (Å²) < 4.78 is 5.92. The minimum Gasteiger partial charge on any atom is -0.462 e. The van der Waals surface area contributed by atoms with Crippen molar-refractivity contribution in [2.75, 3.05) is 6.61 Å². The Hall–Kier alpha value is -1.14. The molecule has 3 atom stereocenters. The summed E-state index contributed by atoms with van der Waals surface area (Å²) in [6.07, 6.45) is 45.9. The summed E-state index contributed by atoms with van der Waals surface area (Å²) in [5.41, 5.74) is 0. The number of rotatable bonds is 45. The van der Waals surface area contributed by atoms with E-state index in [0.717, 1.165) is 44.9 Å². The average molecular weight is 780 g/mol. The van der Waals surface area contributed by atoms with Gasteiger partial charge in [-0.3, -0.25) is 9.59 Å². The number of esters is 1. The van der Waals surface area contributed by atoms with E-state index >= 15 is 0 Å². The van der Waals surface area contributed by atoms with Gasteiger partial charge in [-0.05, 0) is 25.7 Å². The molecule has 0 bridgehead atoms. The van der Waals surface area contributed by atoms with Gasteiger partial charge in [0.2, 0.25) is 5.91 Å². The Morgan fingerprint density at radius 3 is 1.11 bits per heavy atom. The molecule has 0 rings (SSSR count). The number of hydrogen-bond acceptors (Lipinski definition) is 5. The highest BCUT2D eigenvalue weighted by Crippen LogP contribution is 2.18. The molecule has 0 spiro atoms. The second-order valence-corrected chi connectivity index (χ2v) is 17.2. The zero-order valence-corrected chi connectivity index (χ0v) is 37.3. The molecule has 0 aliphatic rings. The standard InChI is InChI=1S/C49H97NO5/c1-4-7-10-13-16-19-21-23-24-25-26-29-31-34-37-40-45(55-49(54)42-39-36-33-30-27-22-20-17-14-11-8-5-2)43-48(53)50-46(44-51)47(52)41-38-35-32-28-18-15-12-9-6-3/h45-47,51-52H,4-44H2,1-3H3,(H,50,53). The van der Waals surface area contributed by atoms with E-state index in [1.54, 1.807) is 0 Å². The van der Waals surface area contributed by atoms with Gasteiger partial charge >= 0.3 is 5.97 Å². The van der Waals surface area contributed by atoms with Crippen LogP contribution < -0.4 is 5.32 Å². The molecule has 0 saturated carbocycles. The third kappa shape index (κ3) is 39.5. The third-order valence-electron chi connectivity index (χ3n) is 11.7. The first-order chi connectivity index (χ1) is 27.0. The molecule has 3 N–H and O–H groups in total. The van der Waals surface area contributed by atoms with Gasteiger partial charge in [0.05, 0.1) is 25.2 Å². The predicted molar refractivity (Wildman–Crippen MR) is 237 cm³/mol. The van der Waals surface area contributed by atoms with Crippen LogP contribution in [0.2, 0.25) is 0 Å². The molecular formula is C49H97NO5. The van der Waals surface area contributed by atoms with Crippen LogP contribution in [0.15, 0.2) is 0 Å². The van der Waals surface area contributed by atoms with Crippen molar-refractivity contribution in [2.45, 2.75) is 296 Å². The van der Waals surface area contributed by atoms with Crippen LogP contribution in [0.25, 0.3) is 0 Å². The first kappa shape index (κ1) is 53.9. The highest BCUT2D eigenvalue weighted by atomic mass is 16.5. The van der Waals surface area contributed by atoms with Crippen molar-refractivity contribution >= 4 is 11.9 Å². The van der Waals surface area contributed by atoms with Crippen molar-refractivity contribution in [3.63, 3.8) is 0 Å². The van der Waals surface area contributed by atoms with Gasteiger partial charge in [0.1, 0.15) is 6.10 Å². The highest BCUT2D eigenvalue weighted by molar-refractivity contribution is 5.77. The third-order valence-corrected chi connectivity index (χ3v) is 11.7. The van der Waals surface area contributed by atoms with Gasteiger partial charge in [-0.2, -0.15) is 0 Å². The molecule has 3 unspecified atom stereocenters. The van der Waals surface area contributed by atoms with Crippen LogP contribution in [0.3, 0.4) is 0 Å². The summed E-state index contributed by atoms with van der Waals surface area (Å²) in [5, 5.41) is 23.6. The maximum atomic E-state index is 13.1. The van der Waals surface area contributed by atoms with Crippen molar-refractivity contribution in [1.82, 2.24) is 5.32 Å². The van der Waals surface area contributed by atoms with Crippen LogP contribution >= 0.6 is 0 Å². The zero-order valence-electron chi connectivity index (χ0n) is 37.3. The number of unbranched alkanes of at least 4 members (excludes halogenated alkanes) is 33. The molecule has 0 aromatic heterocycles. The molecule has 55 heavy (non-hydrogen) atoms. The second-order valence-electron chi connectivity index (χ2n) is 17.2. The molecular weight excluding hydrogens is 683 g/mol. The number of carbonyl (C=O) groups is 2. The van der Waals surface area contributed by atoms with E-state index in [1.165, 1.54) is 186 Å². The lowest BCUT2D eigenvalue weighted by atomic mass is 10.0. The van der Waals surface area contributed by atoms with Gasteiger partial charge in [0, 0.05) is 6.42 Å². The molecule has 0 aliphatic carbocycles. The molecule has 6 heteroatoms. The van der Waals surface area contributed by atoms with E-state index in [-0.39, 0.29) is 24.9 Å². The van der Waals surface area contributed by atoms with E-state index in [0.29, 0.717) is 19.3 Å². The fourth-order valence-corrected chi connectivity index (χ4v) is 7.90. The number of nitrogens with one attached hydrogen (secondary N) is 1. The van der Waals surface area contributed by atoms with Gasteiger partial charge in [0.25, 0.3) is 0 Å². The van der Waals surface area contributed by atoms with Gasteiger partial charge in [-0.15, -0.1) is 0 Å². The molecule has 1 amide bonds. The minimum absolute atomic E-state index is 0.0873. The summed E-state index contributed by atoms with van der Waals surface area (Å²) in [6.45, 7) is 6.48. The van der Waals surface area contributed by atoms with Crippen LogP contribution in [0, 0.1) is 0 Å². The molecule has 6 nitrogen and oxygen atoms in total. The minimum atomic E-state index is -0.777. The first-order valence-corrected chi connectivity index (χ1v) is 24.8. The maximum absolute atomic E-state index is 13.1. The quantitative estimate of drug-likeness (QED) is 0.0422. The number of amides is 1. The Kier molecular flexibility index (Phi) is 43.1. The molecule has 0 aromatic carbocycles. The van der Waals surface area contributed by atoms with Crippen LogP contribution in [0.4, 0.5) is 0 Å². The van der Waals surface area contributed by atoms with Crippen LogP contribution in [-0.2, 0) is 14.3 Å². The Bertz CT molecular complexity index is 791. The normalized spacial score (nSPS) is 13.2. The molecule has 0 radical (unpaired) electrons. The number of aliphatic hydroxyl groups excluding tert-OH is 2.